The lowest BCUT2D eigenvalue weighted by atomic mass is 9.95. The molecule has 2 amide bonds. The van der Waals surface area contributed by atoms with Gasteiger partial charge in [0.25, 0.3) is 5.91 Å². The molecule has 1 fully saturated rings. The summed E-state index contributed by atoms with van der Waals surface area (Å²) in [7, 11) is 0. The van der Waals surface area contributed by atoms with Gasteiger partial charge in [-0.1, -0.05) is 40.3 Å². The van der Waals surface area contributed by atoms with Gasteiger partial charge in [0.05, 0.1) is 0 Å². The van der Waals surface area contributed by atoms with Crippen LogP contribution in [-0.2, 0) is 11.2 Å². The maximum Gasteiger partial charge on any atom is 0.251 e. The molecule has 25 heavy (non-hydrogen) atoms. The Labute approximate surface area is 150 Å². The number of carbonyl (C=O) groups excluding carboxylic acids is 2. The quantitative estimate of drug-likeness (QED) is 0.852. The fraction of sp³-hybridized carbons (Fsp3) is 0.524. The van der Waals surface area contributed by atoms with Crippen LogP contribution in [0.3, 0.4) is 0 Å². The second kappa shape index (κ2) is 6.01. The third-order valence-corrected chi connectivity index (χ3v) is 6.72. The number of anilines is 1. The van der Waals surface area contributed by atoms with Crippen LogP contribution in [0.25, 0.3) is 0 Å². The Balaban J connectivity index is 1.78. The zero-order chi connectivity index (χ0) is 18.4. The smallest absolute Gasteiger partial charge is 0.251 e. The molecule has 0 spiro atoms. The first-order valence-corrected chi connectivity index (χ1v) is 9.06. The molecule has 0 aromatic heterocycles. The molecule has 1 aliphatic carbocycles. The lowest BCUT2D eigenvalue weighted by molar-refractivity contribution is -0.114. The van der Waals surface area contributed by atoms with E-state index in [1.807, 2.05) is 18.2 Å². The fourth-order valence-electron chi connectivity index (χ4n) is 4.31. The average Bonchev–Trinajstić information content (AvgIpc) is 2.99. The zero-order valence-corrected chi connectivity index (χ0v) is 15.7. The number of hydrogen-bond acceptors (Lipinski definition) is 2. The topological polar surface area (TPSA) is 49.4 Å². The molecule has 0 bridgehead atoms. The van der Waals surface area contributed by atoms with Gasteiger partial charge in [-0.3, -0.25) is 9.59 Å². The average molecular weight is 340 g/mol. The largest absolute Gasteiger partial charge is 0.352 e. The van der Waals surface area contributed by atoms with Gasteiger partial charge in [0.15, 0.2) is 0 Å². The molecule has 1 aromatic rings. The molecule has 3 rings (SSSR count). The van der Waals surface area contributed by atoms with Crippen LogP contribution in [0.1, 0.15) is 50.0 Å². The van der Waals surface area contributed by atoms with Crippen molar-refractivity contribution < 1.29 is 9.59 Å². The van der Waals surface area contributed by atoms with E-state index in [2.05, 4.69) is 39.6 Å². The number of carbonyl (C=O) groups is 2. The van der Waals surface area contributed by atoms with Crippen molar-refractivity contribution in [2.24, 2.45) is 16.7 Å². The number of amides is 2. The van der Waals surface area contributed by atoms with Crippen molar-refractivity contribution in [2.75, 3.05) is 18.0 Å². The molecule has 134 valence electrons. The lowest BCUT2D eigenvalue weighted by Gasteiger charge is -2.29. The van der Waals surface area contributed by atoms with E-state index >= 15 is 0 Å². The van der Waals surface area contributed by atoms with Crippen molar-refractivity contribution in [1.82, 2.24) is 5.32 Å². The van der Waals surface area contributed by atoms with Gasteiger partial charge in [0, 0.05) is 24.3 Å². The third-order valence-electron chi connectivity index (χ3n) is 6.72. The van der Waals surface area contributed by atoms with Crippen LogP contribution in [0.2, 0.25) is 0 Å². The summed E-state index contributed by atoms with van der Waals surface area (Å²) in [4.78, 5) is 26.6. The molecule has 1 saturated carbocycles. The Morgan fingerprint density at radius 1 is 1.28 bits per heavy atom. The van der Waals surface area contributed by atoms with Crippen LogP contribution >= 0.6 is 0 Å². The highest BCUT2D eigenvalue weighted by Gasteiger charge is 2.64. The van der Waals surface area contributed by atoms with Crippen molar-refractivity contribution in [1.29, 1.82) is 0 Å². The molecule has 0 atom stereocenters. The molecule has 2 aliphatic rings. The summed E-state index contributed by atoms with van der Waals surface area (Å²) in [5, 5.41) is 3.12. The Morgan fingerprint density at radius 3 is 2.56 bits per heavy atom. The van der Waals surface area contributed by atoms with Crippen molar-refractivity contribution in [3.8, 4) is 0 Å². The van der Waals surface area contributed by atoms with E-state index < -0.39 is 0 Å². The molecular formula is C21H28N2O2. The summed E-state index contributed by atoms with van der Waals surface area (Å²) in [6.07, 6.45) is 3.01. The van der Waals surface area contributed by atoms with Gasteiger partial charge in [-0.2, -0.15) is 0 Å². The first-order valence-electron chi connectivity index (χ1n) is 9.06. The predicted molar refractivity (Wildman–Crippen MR) is 101 cm³/mol. The number of nitrogens with one attached hydrogen (secondary N) is 1. The lowest BCUT2D eigenvalue weighted by Crippen LogP contribution is -2.36. The Hall–Kier alpha value is -2.10. The second-order valence-corrected chi connectivity index (χ2v) is 8.31. The van der Waals surface area contributed by atoms with Gasteiger partial charge in [0.2, 0.25) is 5.91 Å². The number of fused-ring (bicyclic) bond motifs is 1. The molecule has 1 heterocycles. The van der Waals surface area contributed by atoms with E-state index in [1.54, 1.807) is 4.90 Å². The van der Waals surface area contributed by atoms with Crippen LogP contribution < -0.4 is 10.2 Å². The summed E-state index contributed by atoms with van der Waals surface area (Å²) in [6, 6.07) is 5.63. The first-order chi connectivity index (χ1) is 11.7. The van der Waals surface area contributed by atoms with Gasteiger partial charge in [-0.25, -0.2) is 0 Å². The normalized spacial score (nSPS) is 20.6. The van der Waals surface area contributed by atoms with Crippen LogP contribution in [0.4, 0.5) is 5.69 Å². The van der Waals surface area contributed by atoms with Crippen LogP contribution in [0.5, 0.6) is 0 Å². The Bertz CT molecular complexity index is 719. The molecule has 4 heteroatoms. The van der Waals surface area contributed by atoms with Crippen LogP contribution in [-0.4, -0.2) is 24.9 Å². The van der Waals surface area contributed by atoms with E-state index in [-0.39, 0.29) is 22.6 Å². The maximum atomic E-state index is 12.8. The monoisotopic (exact) mass is 340 g/mol. The minimum Gasteiger partial charge on any atom is -0.352 e. The van der Waals surface area contributed by atoms with Crippen LogP contribution in [0.15, 0.2) is 30.9 Å². The zero-order valence-electron chi connectivity index (χ0n) is 15.7. The molecule has 0 saturated heterocycles. The van der Waals surface area contributed by atoms with Crippen molar-refractivity contribution in [3.05, 3.63) is 42.0 Å². The highest BCUT2D eigenvalue weighted by molar-refractivity contribution is 6.04. The van der Waals surface area contributed by atoms with Crippen LogP contribution in [0, 0.1) is 16.7 Å². The van der Waals surface area contributed by atoms with Gasteiger partial charge < -0.3 is 10.2 Å². The predicted octanol–water partition coefficient (Wildman–Crippen LogP) is 3.56. The minimum atomic E-state index is -0.111. The van der Waals surface area contributed by atoms with Crippen molar-refractivity contribution in [3.63, 3.8) is 0 Å². The third kappa shape index (κ3) is 2.78. The molecule has 1 N–H and O–H groups in total. The van der Waals surface area contributed by atoms with E-state index in [9.17, 15) is 9.59 Å². The standard InChI is InChI=1S/C21H28N2O2/c1-6-18(24)23-12-8-10-14-15(9-7-11-16(14)23)19(25)22-13-17-20(2,3)21(17,4)5/h6-7,9,11,17H,1,8,10,12-13H2,2-5H3,(H,22,25). The molecular weight excluding hydrogens is 312 g/mol. The van der Waals surface area contributed by atoms with Crippen molar-refractivity contribution in [2.45, 2.75) is 40.5 Å². The number of rotatable bonds is 4. The fourth-order valence-corrected chi connectivity index (χ4v) is 4.31. The minimum absolute atomic E-state index is 0.0387. The van der Waals surface area contributed by atoms with Gasteiger partial charge >= 0.3 is 0 Å². The second-order valence-electron chi connectivity index (χ2n) is 8.31. The molecule has 1 aliphatic heterocycles. The molecule has 4 nitrogen and oxygen atoms in total. The number of nitrogens with zero attached hydrogens (tertiary/aromatic N) is 1. The summed E-state index contributed by atoms with van der Waals surface area (Å²) in [5.41, 5.74) is 3.01. The highest BCUT2D eigenvalue weighted by Crippen LogP contribution is 2.67. The first kappa shape index (κ1) is 17.7. The molecule has 1 aromatic carbocycles. The number of hydrogen-bond donors (Lipinski definition) is 1. The summed E-state index contributed by atoms with van der Waals surface area (Å²) >= 11 is 0. The van der Waals surface area contributed by atoms with E-state index in [4.69, 9.17) is 0 Å². The van der Waals surface area contributed by atoms with Gasteiger partial charge in [-0.15, -0.1) is 0 Å². The highest BCUT2D eigenvalue weighted by atomic mass is 16.2. The Morgan fingerprint density at radius 2 is 1.96 bits per heavy atom. The van der Waals surface area contributed by atoms with E-state index in [0.29, 0.717) is 24.6 Å². The van der Waals surface area contributed by atoms with E-state index in [0.717, 1.165) is 24.1 Å². The summed E-state index contributed by atoms with van der Waals surface area (Å²) in [6.45, 7) is 14.0. The maximum absolute atomic E-state index is 12.8. The SMILES string of the molecule is C=CC(=O)N1CCCc2c(C(=O)NCC3C(C)(C)C3(C)C)cccc21. The number of benzene rings is 1. The Kier molecular flexibility index (Phi) is 4.26. The molecule has 0 unspecified atom stereocenters. The van der Waals surface area contributed by atoms with Gasteiger partial charge in [-0.05, 0) is 53.4 Å². The van der Waals surface area contributed by atoms with E-state index in [1.165, 1.54) is 6.08 Å². The van der Waals surface area contributed by atoms with Gasteiger partial charge in [0.1, 0.15) is 0 Å². The van der Waals surface area contributed by atoms with Crippen molar-refractivity contribution >= 4 is 17.5 Å². The summed E-state index contributed by atoms with van der Waals surface area (Å²) < 4.78 is 0. The molecule has 0 radical (unpaired) electrons. The summed E-state index contributed by atoms with van der Waals surface area (Å²) in [5.74, 6) is 0.338.